The number of piperidine rings is 2. The highest BCUT2D eigenvalue weighted by Gasteiger charge is 2.55. The van der Waals surface area contributed by atoms with Gasteiger partial charge in [-0.15, -0.1) is 0 Å². The van der Waals surface area contributed by atoms with Crippen molar-refractivity contribution in [2.75, 3.05) is 26.2 Å². The van der Waals surface area contributed by atoms with E-state index in [1.54, 1.807) is 17.0 Å². The number of likely N-dealkylation sites (tertiary alicyclic amines) is 2. The Kier molecular flexibility index (Phi) is 5.39. The lowest BCUT2D eigenvalue weighted by atomic mass is 9.83. The van der Waals surface area contributed by atoms with Gasteiger partial charge in [-0.25, -0.2) is 4.79 Å². The first-order chi connectivity index (χ1) is 15.5. The van der Waals surface area contributed by atoms with Crippen molar-refractivity contribution in [1.29, 1.82) is 0 Å². The molecule has 32 heavy (non-hydrogen) atoms. The van der Waals surface area contributed by atoms with Gasteiger partial charge in [0.25, 0.3) is 11.8 Å². The highest BCUT2D eigenvalue weighted by atomic mass is 16.2. The summed E-state index contributed by atoms with van der Waals surface area (Å²) in [5.74, 6) is 0.0499. The average Bonchev–Trinajstić information content (AvgIpc) is 3.02. The zero-order valence-corrected chi connectivity index (χ0v) is 18.3. The molecule has 0 unspecified atom stereocenters. The van der Waals surface area contributed by atoms with Crippen LogP contribution in [0.5, 0.6) is 0 Å². The number of amides is 5. The van der Waals surface area contributed by atoms with Crippen LogP contribution in [0.25, 0.3) is 0 Å². The molecular formula is C24H30N4O4. The van der Waals surface area contributed by atoms with Crippen molar-refractivity contribution in [3.05, 3.63) is 35.9 Å². The lowest BCUT2D eigenvalue weighted by Crippen LogP contribution is -2.57. The van der Waals surface area contributed by atoms with Crippen LogP contribution in [0.2, 0.25) is 0 Å². The molecule has 8 nitrogen and oxygen atoms in total. The number of benzene rings is 1. The van der Waals surface area contributed by atoms with Gasteiger partial charge in [-0.3, -0.25) is 19.3 Å². The fourth-order valence-corrected chi connectivity index (χ4v) is 5.45. The fraction of sp³-hybridized carbons (Fsp3) is 0.583. The Morgan fingerprint density at radius 1 is 0.906 bits per heavy atom. The monoisotopic (exact) mass is 438 g/mol. The van der Waals surface area contributed by atoms with E-state index in [1.807, 2.05) is 23.1 Å². The zero-order valence-electron chi connectivity index (χ0n) is 18.3. The number of rotatable bonds is 3. The molecule has 1 saturated carbocycles. The highest BCUT2D eigenvalue weighted by Crippen LogP contribution is 2.34. The Labute approximate surface area is 187 Å². The number of nitrogens with zero attached hydrogens (tertiary/aromatic N) is 3. The molecule has 0 bridgehead atoms. The molecule has 1 atom stereocenters. The molecule has 3 aliphatic heterocycles. The summed E-state index contributed by atoms with van der Waals surface area (Å²) in [6.45, 7) is 1.98. The number of urea groups is 1. The molecule has 8 heteroatoms. The van der Waals surface area contributed by atoms with Crippen LogP contribution < -0.4 is 5.32 Å². The first-order valence-corrected chi connectivity index (χ1v) is 11.8. The lowest BCUT2D eigenvalue weighted by Gasteiger charge is -2.40. The molecular weight excluding hydrogens is 408 g/mol. The number of carbonyl (C=O) groups is 4. The zero-order chi connectivity index (χ0) is 22.3. The third kappa shape index (κ3) is 3.55. The van der Waals surface area contributed by atoms with E-state index < -0.39 is 5.54 Å². The van der Waals surface area contributed by atoms with Crippen molar-refractivity contribution < 1.29 is 19.2 Å². The van der Waals surface area contributed by atoms with Gasteiger partial charge in [0.05, 0.1) is 6.04 Å². The van der Waals surface area contributed by atoms with E-state index in [0.29, 0.717) is 44.6 Å². The maximum atomic E-state index is 13.5. The second kappa shape index (κ2) is 8.22. The van der Waals surface area contributed by atoms with E-state index in [9.17, 15) is 19.2 Å². The SMILES string of the molecule is O=C(c1ccccc1)N1CCC2(CC1)NC(=O)N([C@@H]1CCCN(C(=O)C3CCC3)C1)C2=O. The van der Waals surface area contributed by atoms with Gasteiger partial charge in [0.15, 0.2) is 0 Å². The van der Waals surface area contributed by atoms with Crippen molar-refractivity contribution in [3.8, 4) is 0 Å². The van der Waals surface area contributed by atoms with Crippen molar-refractivity contribution in [2.45, 2.75) is 56.5 Å². The van der Waals surface area contributed by atoms with Crippen LogP contribution in [0, 0.1) is 5.92 Å². The van der Waals surface area contributed by atoms with Gasteiger partial charge in [0.1, 0.15) is 5.54 Å². The predicted octanol–water partition coefficient (Wildman–Crippen LogP) is 2.00. The molecule has 5 rings (SSSR count). The summed E-state index contributed by atoms with van der Waals surface area (Å²) in [6.07, 6.45) is 5.34. The van der Waals surface area contributed by atoms with Gasteiger partial charge in [0.2, 0.25) is 5.91 Å². The Morgan fingerprint density at radius 2 is 1.62 bits per heavy atom. The minimum absolute atomic E-state index is 0.0495. The number of hydrogen-bond acceptors (Lipinski definition) is 4. The first-order valence-electron chi connectivity index (χ1n) is 11.8. The molecule has 1 N–H and O–H groups in total. The van der Waals surface area contributed by atoms with Crippen LogP contribution >= 0.6 is 0 Å². The molecule has 5 amide bonds. The molecule has 1 aromatic carbocycles. The molecule has 0 aromatic heterocycles. The van der Waals surface area contributed by atoms with Gasteiger partial charge in [0, 0.05) is 37.7 Å². The summed E-state index contributed by atoms with van der Waals surface area (Å²) >= 11 is 0. The quantitative estimate of drug-likeness (QED) is 0.731. The molecule has 3 heterocycles. The normalized spacial score (nSPS) is 25.6. The van der Waals surface area contributed by atoms with E-state index in [1.165, 1.54) is 4.90 Å². The summed E-state index contributed by atoms with van der Waals surface area (Å²) < 4.78 is 0. The minimum Gasteiger partial charge on any atom is -0.340 e. The molecule has 3 saturated heterocycles. The van der Waals surface area contributed by atoms with Crippen molar-refractivity contribution in [2.24, 2.45) is 5.92 Å². The van der Waals surface area contributed by atoms with E-state index >= 15 is 0 Å². The lowest BCUT2D eigenvalue weighted by molar-refractivity contribution is -0.143. The van der Waals surface area contributed by atoms with Crippen molar-refractivity contribution in [1.82, 2.24) is 20.0 Å². The van der Waals surface area contributed by atoms with Crippen LogP contribution in [-0.2, 0) is 9.59 Å². The second-order valence-electron chi connectivity index (χ2n) is 9.55. The highest BCUT2D eigenvalue weighted by molar-refractivity contribution is 6.07. The Hall–Kier alpha value is -2.90. The first kappa shape index (κ1) is 21.0. The van der Waals surface area contributed by atoms with Crippen molar-refractivity contribution >= 4 is 23.8 Å². The maximum absolute atomic E-state index is 13.5. The smallest absolute Gasteiger partial charge is 0.325 e. The molecule has 170 valence electrons. The van der Waals surface area contributed by atoms with E-state index in [-0.39, 0.29) is 35.7 Å². The number of nitrogens with one attached hydrogen (secondary N) is 1. The molecule has 1 aliphatic carbocycles. The summed E-state index contributed by atoms with van der Waals surface area (Å²) in [5, 5.41) is 2.95. The van der Waals surface area contributed by atoms with E-state index in [4.69, 9.17) is 0 Å². The Morgan fingerprint density at radius 3 is 2.28 bits per heavy atom. The largest absolute Gasteiger partial charge is 0.340 e. The van der Waals surface area contributed by atoms with Crippen LogP contribution in [0.15, 0.2) is 30.3 Å². The fourth-order valence-electron chi connectivity index (χ4n) is 5.45. The molecule has 1 aromatic rings. The minimum atomic E-state index is -0.940. The third-order valence-electron chi connectivity index (χ3n) is 7.65. The van der Waals surface area contributed by atoms with Gasteiger partial charge in [-0.1, -0.05) is 24.6 Å². The predicted molar refractivity (Wildman–Crippen MR) is 117 cm³/mol. The van der Waals surface area contributed by atoms with Crippen LogP contribution in [-0.4, -0.2) is 76.2 Å². The third-order valence-corrected chi connectivity index (χ3v) is 7.65. The molecule has 4 fully saturated rings. The topological polar surface area (TPSA) is 90.0 Å². The average molecular weight is 439 g/mol. The van der Waals surface area contributed by atoms with Gasteiger partial charge in [-0.05, 0) is 50.7 Å². The number of hydrogen-bond donors (Lipinski definition) is 1. The number of imide groups is 1. The molecule has 4 aliphatic rings. The summed E-state index contributed by atoms with van der Waals surface area (Å²) in [7, 11) is 0. The van der Waals surface area contributed by atoms with Crippen LogP contribution in [0.4, 0.5) is 4.79 Å². The second-order valence-corrected chi connectivity index (χ2v) is 9.55. The van der Waals surface area contributed by atoms with Gasteiger partial charge in [-0.2, -0.15) is 0 Å². The Balaban J connectivity index is 1.24. The van der Waals surface area contributed by atoms with E-state index in [2.05, 4.69) is 5.32 Å². The number of carbonyl (C=O) groups excluding carboxylic acids is 4. The summed E-state index contributed by atoms with van der Waals surface area (Å²) in [5.41, 5.74) is -0.310. The Bertz CT molecular complexity index is 921. The van der Waals surface area contributed by atoms with Gasteiger partial charge < -0.3 is 15.1 Å². The standard InChI is InChI=1S/C24H30N4O4/c29-20(17-6-2-1-3-7-17)26-14-11-24(12-15-26)22(31)28(23(32)25-24)19-10-5-13-27(16-19)21(30)18-8-4-9-18/h1-3,6-7,18-19H,4-5,8-16H2,(H,25,32)/t19-/m1/s1. The van der Waals surface area contributed by atoms with Crippen LogP contribution in [0.1, 0.15) is 55.3 Å². The molecule has 0 radical (unpaired) electrons. The van der Waals surface area contributed by atoms with Crippen LogP contribution in [0.3, 0.4) is 0 Å². The summed E-state index contributed by atoms with van der Waals surface area (Å²) in [4.78, 5) is 56.8. The molecule has 1 spiro atoms. The summed E-state index contributed by atoms with van der Waals surface area (Å²) in [6, 6.07) is 8.48. The maximum Gasteiger partial charge on any atom is 0.325 e. The van der Waals surface area contributed by atoms with Gasteiger partial charge >= 0.3 is 6.03 Å². The van der Waals surface area contributed by atoms with E-state index in [0.717, 1.165) is 32.1 Å². The van der Waals surface area contributed by atoms with Crippen molar-refractivity contribution in [3.63, 3.8) is 0 Å².